The highest BCUT2D eigenvalue weighted by atomic mass is 16.7. The molecule has 3 saturated heterocycles. The lowest BCUT2D eigenvalue weighted by atomic mass is 9.85. The number of rotatable bonds is 6. The van der Waals surface area contributed by atoms with E-state index in [1.807, 2.05) is 19.1 Å². The Balaban J connectivity index is 1.25. The van der Waals surface area contributed by atoms with Gasteiger partial charge in [0.25, 0.3) is 11.8 Å². The molecule has 0 aromatic heterocycles. The molecule has 4 amide bonds. The van der Waals surface area contributed by atoms with E-state index >= 15 is 0 Å². The topological polar surface area (TPSA) is 96.5 Å². The minimum absolute atomic E-state index is 0.0505. The molecule has 4 bridgehead atoms. The molecule has 4 fully saturated rings. The fourth-order valence-corrected chi connectivity index (χ4v) is 5.47. The summed E-state index contributed by atoms with van der Waals surface area (Å²) in [7, 11) is 0. The molecule has 5 rings (SSSR count). The highest BCUT2D eigenvalue weighted by Gasteiger charge is 2.61. The number of imide groups is 1. The normalized spacial score (nSPS) is 37.1. The number of hydroxylamine groups is 4. The van der Waals surface area contributed by atoms with Gasteiger partial charge in [0.1, 0.15) is 6.04 Å². The van der Waals surface area contributed by atoms with Crippen LogP contribution in [-0.4, -0.2) is 64.1 Å². The summed E-state index contributed by atoms with van der Waals surface area (Å²) < 4.78 is 0. The first kappa shape index (κ1) is 18.6. The Hall–Kier alpha value is -2.42. The number of allylic oxidation sites excluding steroid dienone is 2. The summed E-state index contributed by atoms with van der Waals surface area (Å²) in [5.74, 6) is -2.33. The average molecular weight is 403 g/mol. The number of urea groups is 1. The number of amides is 4. The molecular weight excluding hydrogens is 378 g/mol. The Kier molecular flexibility index (Phi) is 4.38. The smallest absolute Gasteiger partial charge is 0.328 e. The number of hydrogen-bond donors (Lipinski definition) is 0. The van der Waals surface area contributed by atoms with Crippen LogP contribution >= 0.6 is 0 Å². The molecule has 3 heterocycles. The third kappa shape index (κ3) is 2.70. The maximum Gasteiger partial charge on any atom is 0.355 e. The first-order valence-corrected chi connectivity index (χ1v) is 10.5. The maximum absolute atomic E-state index is 12.8. The predicted octanol–water partition coefficient (Wildman–Crippen LogP) is 1.25. The van der Waals surface area contributed by atoms with Crippen molar-refractivity contribution in [1.82, 2.24) is 15.0 Å². The number of carbonyl (C=O) groups is 4. The summed E-state index contributed by atoms with van der Waals surface area (Å²) in [6.45, 7) is 2.88. The van der Waals surface area contributed by atoms with Crippen LogP contribution in [-0.2, 0) is 24.1 Å². The SMILES string of the molecule is CCCCON1C(=O)N2C[C@@H]1CC[C@H]2C(=O)ON1C(=O)C2[C@@H]3C=C[C@@H](C3)[C@H]2C1=O. The van der Waals surface area contributed by atoms with Crippen molar-refractivity contribution in [2.45, 2.75) is 51.1 Å². The summed E-state index contributed by atoms with van der Waals surface area (Å²) in [6, 6.07) is -1.25. The van der Waals surface area contributed by atoms with Crippen LogP contribution in [0.15, 0.2) is 12.2 Å². The summed E-state index contributed by atoms with van der Waals surface area (Å²) in [6.07, 6.45) is 7.62. The van der Waals surface area contributed by atoms with Crippen molar-refractivity contribution in [1.29, 1.82) is 0 Å². The molecule has 5 aliphatic rings. The Morgan fingerprint density at radius 3 is 2.45 bits per heavy atom. The van der Waals surface area contributed by atoms with Gasteiger partial charge in [0.05, 0.1) is 24.5 Å². The van der Waals surface area contributed by atoms with E-state index in [-0.39, 0.29) is 23.9 Å². The van der Waals surface area contributed by atoms with Gasteiger partial charge in [-0.25, -0.2) is 9.59 Å². The zero-order valence-electron chi connectivity index (χ0n) is 16.4. The van der Waals surface area contributed by atoms with Crippen molar-refractivity contribution in [2.24, 2.45) is 23.7 Å². The van der Waals surface area contributed by atoms with Gasteiger partial charge in [0.15, 0.2) is 0 Å². The molecule has 6 atom stereocenters. The van der Waals surface area contributed by atoms with E-state index in [4.69, 9.17) is 9.68 Å². The van der Waals surface area contributed by atoms with Crippen molar-refractivity contribution < 1.29 is 28.9 Å². The number of fused-ring (bicyclic) bond motifs is 7. The molecule has 156 valence electrons. The molecule has 0 radical (unpaired) electrons. The van der Waals surface area contributed by atoms with Gasteiger partial charge in [-0.2, -0.15) is 5.06 Å². The molecule has 3 aliphatic heterocycles. The minimum atomic E-state index is -0.811. The summed E-state index contributed by atoms with van der Waals surface area (Å²) in [5.41, 5.74) is 0. The fourth-order valence-electron chi connectivity index (χ4n) is 5.47. The largest absolute Gasteiger partial charge is 0.355 e. The van der Waals surface area contributed by atoms with E-state index in [0.29, 0.717) is 31.1 Å². The quantitative estimate of drug-likeness (QED) is 0.376. The average Bonchev–Trinajstić information content (AvgIpc) is 3.44. The van der Waals surface area contributed by atoms with Gasteiger partial charge in [-0.05, 0) is 37.5 Å². The lowest BCUT2D eigenvalue weighted by Crippen LogP contribution is -2.48. The van der Waals surface area contributed by atoms with Crippen molar-refractivity contribution >= 4 is 23.8 Å². The molecule has 0 spiro atoms. The number of unbranched alkanes of at least 4 members (excludes halogenated alkanes) is 1. The summed E-state index contributed by atoms with van der Waals surface area (Å²) in [5, 5.41) is 2.02. The second-order valence-corrected chi connectivity index (χ2v) is 8.58. The van der Waals surface area contributed by atoms with Crippen LogP contribution in [0.1, 0.15) is 39.0 Å². The van der Waals surface area contributed by atoms with E-state index in [1.54, 1.807) is 0 Å². The highest BCUT2D eigenvalue weighted by molar-refractivity contribution is 6.06. The zero-order valence-corrected chi connectivity index (χ0v) is 16.4. The molecule has 1 unspecified atom stereocenters. The lowest BCUT2D eigenvalue weighted by Gasteiger charge is -2.29. The van der Waals surface area contributed by atoms with Crippen LogP contribution in [0.3, 0.4) is 0 Å². The second kappa shape index (κ2) is 6.83. The minimum Gasteiger partial charge on any atom is -0.328 e. The summed E-state index contributed by atoms with van der Waals surface area (Å²) in [4.78, 5) is 63.2. The number of nitrogens with zero attached hydrogens (tertiary/aromatic N) is 3. The lowest BCUT2D eigenvalue weighted by molar-refractivity contribution is -0.202. The van der Waals surface area contributed by atoms with Crippen LogP contribution in [0, 0.1) is 23.7 Å². The Labute approximate surface area is 168 Å². The molecule has 0 N–H and O–H groups in total. The molecule has 9 heteroatoms. The number of hydrogen-bond acceptors (Lipinski definition) is 6. The Morgan fingerprint density at radius 1 is 1.10 bits per heavy atom. The number of carbonyl (C=O) groups excluding carboxylic acids is 4. The van der Waals surface area contributed by atoms with Gasteiger partial charge in [0.2, 0.25) is 0 Å². The van der Waals surface area contributed by atoms with Crippen LogP contribution in [0.4, 0.5) is 4.79 Å². The van der Waals surface area contributed by atoms with E-state index in [0.717, 1.165) is 19.3 Å². The van der Waals surface area contributed by atoms with E-state index in [9.17, 15) is 19.2 Å². The summed E-state index contributed by atoms with van der Waals surface area (Å²) >= 11 is 0. The van der Waals surface area contributed by atoms with Crippen molar-refractivity contribution in [3.63, 3.8) is 0 Å². The van der Waals surface area contributed by atoms with Crippen molar-refractivity contribution in [2.75, 3.05) is 13.2 Å². The highest BCUT2D eigenvalue weighted by Crippen LogP contribution is 2.52. The molecule has 9 nitrogen and oxygen atoms in total. The van der Waals surface area contributed by atoms with Gasteiger partial charge < -0.3 is 9.74 Å². The van der Waals surface area contributed by atoms with E-state index in [1.165, 1.54) is 9.96 Å². The van der Waals surface area contributed by atoms with Crippen LogP contribution < -0.4 is 0 Å². The van der Waals surface area contributed by atoms with Crippen LogP contribution in [0.2, 0.25) is 0 Å². The molecule has 0 aromatic rings. The van der Waals surface area contributed by atoms with Gasteiger partial charge >= 0.3 is 12.0 Å². The van der Waals surface area contributed by atoms with E-state index in [2.05, 4.69) is 0 Å². The maximum atomic E-state index is 12.8. The first-order valence-electron chi connectivity index (χ1n) is 10.5. The van der Waals surface area contributed by atoms with Gasteiger partial charge in [-0.1, -0.05) is 25.5 Å². The van der Waals surface area contributed by atoms with E-state index < -0.39 is 35.7 Å². The molecule has 29 heavy (non-hydrogen) atoms. The third-order valence-electron chi connectivity index (χ3n) is 6.93. The van der Waals surface area contributed by atoms with Crippen LogP contribution in [0.5, 0.6) is 0 Å². The van der Waals surface area contributed by atoms with Gasteiger partial charge in [-0.3, -0.25) is 14.4 Å². The third-order valence-corrected chi connectivity index (χ3v) is 6.93. The van der Waals surface area contributed by atoms with Crippen LogP contribution in [0.25, 0.3) is 0 Å². The molecule has 1 saturated carbocycles. The second-order valence-electron chi connectivity index (χ2n) is 8.58. The first-order chi connectivity index (χ1) is 14.0. The Morgan fingerprint density at radius 2 is 1.79 bits per heavy atom. The van der Waals surface area contributed by atoms with Crippen molar-refractivity contribution in [3.05, 3.63) is 12.2 Å². The predicted molar refractivity (Wildman–Crippen MR) is 97.3 cm³/mol. The zero-order chi connectivity index (χ0) is 20.3. The van der Waals surface area contributed by atoms with Gasteiger partial charge in [-0.15, -0.1) is 5.06 Å². The number of piperidine rings is 1. The fraction of sp³-hybridized carbons (Fsp3) is 0.700. The standard InChI is InChI=1S/C20H25N3O6/c1-2-3-8-28-22-13-6-7-14(21(10-13)20(22)27)19(26)29-23-17(24)15-11-4-5-12(9-11)16(15)18(23)25/h4-5,11-16H,2-3,6-10H2,1H3/t11-,12+,13-,14-,15+,16?/m0/s1. The molecule has 0 aromatic carbocycles. The Bertz CT molecular complexity index is 767. The van der Waals surface area contributed by atoms with Gasteiger partial charge in [0, 0.05) is 6.54 Å². The molecular formula is C20H25N3O6. The van der Waals surface area contributed by atoms with Crippen molar-refractivity contribution in [3.8, 4) is 0 Å². The molecule has 2 aliphatic carbocycles. The monoisotopic (exact) mass is 403 g/mol.